The van der Waals surface area contributed by atoms with Crippen LogP contribution in [0.15, 0.2) is 6.20 Å². The van der Waals surface area contributed by atoms with Crippen molar-refractivity contribution in [1.82, 2.24) is 20.2 Å². The topological polar surface area (TPSA) is 79.0 Å². The Morgan fingerprint density at radius 3 is 2.86 bits per heavy atom. The van der Waals surface area contributed by atoms with Crippen molar-refractivity contribution in [3.8, 4) is 0 Å². The summed E-state index contributed by atoms with van der Waals surface area (Å²) in [6.45, 7) is 9.55. The van der Waals surface area contributed by atoms with E-state index in [1.54, 1.807) is 13.3 Å². The zero-order valence-electron chi connectivity index (χ0n) is 13.2. The monoisotopic (exact) mass is 292 g/mol. The molecule has 7 nitrogen and oxygen atoms in total. The van der Waals surface area contributed by atoms with E-state index < -0.39 is 0 Å². The number of fused-ring (bicyclic) bond motifs is 1. The van der Waals surface area contributed by atoms with E-state index in [0.29, 0.717) is 18.5 Å². The molecule has 0 aromatic carbocycles. The van der Waals surface area contributed by atoms with Gasteiger partial charge in [0, 0.05) is 26.7 Å². The first-order valence-corrected chi connectivity index (χ1v) is 7.34. The maximum Gasteiger partial charge on any atom is 0.226 e. The van der Waals surface area contributed by atoms with Gasteiger partial charge >= 0.3 is 0 Å². The van der Waals surface area contributed by atoms with E-state index in [-0.39, 0.29) is 0 Å². The molecule has 116 valence electrons. The molecule has 0 amide bonds. The van der Waals surface area contributed by atoms with Crippen LogP contribution in [0, 0.1) is 5.92 Å². The predicted molar refractivity (Wildman–Crippen MR) is 84.8 cm³/mol. The second-order valence-corrected chi connectivity index (χ2v) is 5.37. The van der Waals surface area contributed by atoms with Crippen molar-refractivity contribution < 1.29 is 4.74 Å². The summed E-state index contributed by atoms with van der Waals surface area (Å²) in [6.07, 6.45) is 1.78. The third kappa shape index (κ3) is 3.81. The fraction of sp³-hybridized carbons (Fsp3) is 0.643. The van der Waals surface area contributed by atoms with Crippen LogP contribution in [0.4, 0.5) is 11.8 Å². The Morgan fingerprint density at radius 1 is 1.38 bits per heavy atom. The van der Waals surface area contributed by atoms with Crippen molar-refractivity contribution in [2.75, 3.05) is 43.6 Å². The summed E-state index contributed by atoms with van der Waals surface area (Å²) in [5, 5.41) is 11.1. The Labute approximate surface area is 125 Å². The minimum absolute atomic E-state index is 0.529. The van der Waals surface area contributed by atoms with Crippen molar-refractivity contribution in [3.63, 3.8) is 0 Å². The number of nitrogens with zero attached hydrogens (tertiary/aromatic N) is 4. The van der Waals surface area contributed by atoms with Crippen LogP contribution >= 0.6 is 0 Å². The van der Waals surface area contributed by atoms with Crippen LogP contribution in [0.25, 0.3) is 11.0 Å². The molecule has 2 rings (SSSR count). The number of hydrogen-bond acceptors (Lipinski definition) is 6. The van der Waals surface area contributed by atoms with Gasteiger partial charge in [-0.25, -0.2) is 0 Å². The lowest BCUT2D eigenvalue weighted by Crippen LogP contribution is -2.32. The fourth-order valence-electron chi connectivity index (χ4n) is 2.22. The van der Waals surface area contributed by atoms with Gasteiger partial charge in [-0.1, -0.05) is 13.8 Å². The summed E-state index contributed by atoms with van der Waals surface area (Å²) in [5.41, 5.74) is 0.752. The molecule has 0 spiro atoms. The smallest absolute Gasteiger partial charge is 0.226 e. The molecular formula is C14H24N6O. The van der Waals surface area contributed by atoms with Crippen molar-refractivity contribution >= 4 is 22.8 Å². The number of aromatic nitrogens is 4. The Balaban J connectivity index is 2.40. The molecule has 2 aromatic heterocycles. The van der Waals surface area contributed by atoms with Crippen molar-refractivity contribution in [1.29, 1.82) is 0 Å². The third-order valence-electron chi connectivity index (χ3n) is 3.07. The molecule has 0 saturated heterocycles. The highest BCUT2D eigenvalue weighted by Gasteiger charge is 2.16. The highest BCUT2D eigenvalue weighted by Crippen LogP contribution is 2.24. The Hall–Kier alpha value is -1.89. The van der Waals surface area contributed by atoms with Crippen LogP contribution in [0.2, 0.25) is 0 Å². The lowest BCUT2D eigenvalue weighted by molar-refractivity contribution is 0.204. The standard InChI is InChI=1S/C14H24N6O/c1-5-15-14-17-12-11(8-16-19-12)13(18-14)20(6-7-21-4)9-10(2)3/h8,10H,5-7,9H2,1-4H3,(H2,15,16,17,18,19). The molecule has 0 unspecified atom stereocenters. The van der Waals surface area contributed by atoms with Gasteiger partial charge in [0.15, 0.2) is 5.65 Å². The molecule has 0 aliphatic heterocycles. The van der Waals surface area contributed by atoms with E-state index in [2.05, 4.69) is 44.2 Å². The van der Waals surface area contributed by atoms with Crippen LogP contribution < -0.4 is 10.2 Å². The highest BCUT2D eigenvalue weighted by atomic mass is 16.5. The number of rotatable bonds is 8. The van der Waals surface area contributed by atoms with Gasteiger partial charge < -0.3 is 15.0 Å². The molecule has 7 heteroatoms. The average Bonchev–Trinajstić information content (AvgIpc) is 2.91. The van der Waals surface area contributed by atoms with E-state index in [1.165, 1.54) is 0 Å². The van der Waals surface area contributed by atoms with E-state index >= 15 is 0 Å². The van der Waals surface area contributed by atoms with Gasteiger partial charge in [0.05, 0.1) is 18.2 Å². The first-order valence-electron chi connectivity index (χ1n) is 7.34. The highest BCUT2D eigenvalue weighted by molar-refractivity contribution is 5.87. The van der Waals surface area contributed by atoms with Crippen molar-refractivity contribution in [3.05, 3.63) is 6.20 Å². The summed E-state index contributed by atoms with van der Waals surface area (Å²) < 4.78 is 5.22. The lowest BCUT2D eigenvalue weighted by Gasteiger charge is -2.26. The SMILES string of the molecule is CCNc1nc(N(CCOC)CC(C)C)c2cn[nH]c2n1. The molecule has 0 radical (unpaired) electrons. The molecule has 2 aromatic rings. The van der Waals surface area contributed by atoms with Gasteiger partial charge in [-0.15, -0.1) is 0 Å². The molecular weight excluding hydrogens is 268 g/mol. The summed E-state index contributed by atoms with van der Waals surface area (Å²) >= 11 is 0. The van der Waals surface area contributed by atoms with E-state index in [0.717, 1.165) is 36.5 Å². The minimum atomic E-state index is 0.529. The van der Waals surface area contributed by atoms with E-state index in [1.807, 2.05) is 6.92 Å². The average molecular weight is 292 g/mol. The minimum Gasteiger partial charge on any atom is -0.383 e. The van der Waals surface area contributed by atoms with Crippen LogP contribution in [-0.2, 0) is 4.74 Å². The van der Waals surface area contributed by atoms with Crippen LogP contribution in [0.5, 0.6) is 0 Å². The quantitative estimate of drug-likeness (QED) is 0.773. The number of ether oxygens (including phenoxy) is 1. The number of aromatic amines is 1. The van der Waals surface area contributed by atoms with Gasteiger partial charge in [0.2, 0.25) is 5.95 Å². The van der Waals surface area contributed by atoms with E-state index in [9.17, 15) is 0 Å². The molecule has 0 fully saturated rings. The third-order valence-corrected chi connectivity index (χ3v) is 3.07. The second-order valence-electron chi connectivity index (χ2n) is 5.37. The van der Waals surface area contributed by atoms with Gasteiger partial charge in [-0.2, -0.15) is 15.1 Å². The normalized spacial score (nSPS) is 11.3. The lowest BCUT2D eigenvalue weighted by atomic mass is 10.2. The van der Waals surface area contributed by atoms with Crippen molar-refractivity contribution in [2.45, 2.75) is 20.8 Å². The molecule has 0 aliphatic rings. The molecule has 0 atom stereocenters. The Morgan fingerprint density at radius 2 is 2.19 bits per heavy atom. The van der Waals surface area contributed by atoms with Crippen LogP contribution in [-0.4, -0.2) is 53.5 Å². The first kappa shape index (κ1) is 15.5. The van der Waals surface area contributed by atoms with Gasteiger partial charge in [0.25, 0.3) is 0 Å². The van der Waals surface area contributed by atoms with Gasteiger partial charge in [0.1, 0.15) is 5.82 Å². The van der Waals surface area contributed by atoms with Gasteiger partial charge in [-0.3, -0.25) is 5.10 Å². The maximum absolute atomic E-state index is 5.22. The van der Waals surface area contributed by atoms with Crippen LogP contribution in [0.3, 0.4) is 0 Å². The maximum atomic E-state index is 5.22. The van der Waals surface area contributed by atoms with Crippen molar-refractivity contribution in [2.24, 2.45) is 5.92 Å². The van der Waals surface area contributed by atoms with E-state index in [4.69, 9.17) is 4.74 Å². The summed E-state index contributed by atoms with van der Waals surface area (Å²) in [5.74, 6) is 2.05. The number of nitrogens with one attached hydrogen (secondary N) is 2. The number of hydrogen-bond donors (Lipinski definition) is 2. The number of H-pyrrole nitrogens is 1. The summed E-state index contributed by atoms with van der Waals surface area (Å²) in [6, 6.07) is 0. The van der Waals surface area contributed by atoms with Gasteiger partial charge in [-0.05, 0) is 12.8 Å². The summed E-state index contributed by atoms with van der Waals surface area (Å²) in [4.78, 5) is 11.3. The molecule has 21 heavy (non-hydrogen) atoms. The predicted octanol–water partition coefficient (Wildman–Crippen LogP) is 1.89. The Kier molecular flexibility index (Phi) is 5.32. The molecule has 2 N–H and O–H groups in total. The zero-order valence-corrected chi connectivity index (χ0v) is 13.2. The fourth-order valence-corrected chi connectivity index (χ4v) is 2.22. The number of methoxy groups -OCH3 is 1. The second kappa shape index (κ2) is 7.21. The molecule has 0 aliphatic carbocycles. The van der Waals surface area contributed by atoms with Crippen LogP contribution in [0.1, 0.15) is 20.8 Å². The Bertz CT molecular complexity index is 568. The molecule has 2 heterocycles. The first-order chi connectivity index (χ1) is 10.2. The molecule has 0 bridgehead atoms. The number of anilines is 2. The largest absolute Gasteiger partial charge is 0.383 e. The zero-order chi connectivity index (χ0) is 15.2. The molecule has 0 saturated carbocycles. The summed E-state index contributed by atoms with van der Waals surface area (Å²) in [7, 11) is 1.71.